The van der Waals surface area contributed by atoms with Gasteiger partial charge < -0.3 is 0 Å². The van der Waals surface area contributed by atoms with Gasteiger partial charge >= 0.3 is 0 Å². The Bertz CT molecular complexity index is 1060. The van der Waals surface area contributed by atoms with Crippen molar-refractivity contribution in [3.05, 3.63) is 76.2 Å². The van der Waals surface area contributed by atoms with Crippen molar-refractivity contribution in [2.75, 3.05) is 0 Å². The molecule has 0 saturated carbocycles. The van der Waals surface area contributed by atoms with Crippen molar-refractivity contribution in [3.63, 3.8) is 0 Å². The van der Waals surface area contributed by atoms with Gasteiger partial charge in [0.15, 0.2) is 5.69 Å². The number of benzene rings is 2. The van der Waals surface area contributed by atoms with E-state index in [1.807, 2.05) is 44.2 Å². The van der Waals surface area contributed by atoms with E-state index in [0.29, 0.717) is 17.2 Å². The lowest BCUT2D eigenvalue weighted by Crippen LogP contribution is -2.43. The Kier molecular flexibility index (Phi) is 5.84. The molecule has 0 atom stereocenters. The van der Waals surface area contributed by atoms with E-state index < -0.39 is 5.91 Å². The van der Waals surface area contributed by atoms with Gasteiger partial charge in [0.2, 0.25) is 5.91 Å². The Morgan fingerprint density at radius 1 is 0.964 bits per heavy atom. The van der Waals surface area contributed by atoms with E-state index >= 15 is 0 Å². The third-order valence-electron chi connectivity index (χ3n) is 4.17. The van der Waals surface area contributed by atoms with Crippen molar-refractivity contribution in [3.8, 4) is 0 Å². The fraction of sp³-hybridized carbons (Fsp3) is 0.238. The summed E-state index contributed by atoms with van der Waals surface area (Å²) in [5.41, 5.74) is 5.48. The van der Waals surface area contributed by atoms with Crippen LogP contribution in [-0.4, -0.2) is 21.6 Å². The van der Waals surface area contributed by atoms with Crippen molar-refractivity contribution in [2.24, 2.45) is 5.92 Å². The summed E-state index contributed by atoms with van der Waals surface area (Å²) in [5, 5.41) is 5.11. The lowest BCUT2D eigenvalue weighted by Gasteiger charge is -2.12. The van der Waals surface area contributed by atoms with Crippen LogP contribution in [0.2, 0.25) is 0 Å². The summed E-state index contributed by atoms with van der Waals surface area (Å²) < 4.78 is 1.27. The number of hydrogen-bond acceptors (Lipinski definition) is 4. The summed E-state index contributed by atoms with van der Waals surface area (Å²) in [6.45, 7) is 4.07. The molecule has 0 aliphatic rings. The van der Waals surface area contributed by atoms with Crippen LogP contribution in [-0.2, 0) is 11.3 Å². The smallest absolute Gasteiger partial charge is 0.273 e. The van der Waals surface area contributed by atoms with Crippen LogP contribution in [0.15, 0.2) is 59.4 Å². The Hall–Kier alpha value is -3.48. The average molecular weight is 378 g/mol. The molecule has 3 rings (SSSR count). The van der Waals surface area contributed by atoms with Gasteiger partial charge in [0, 0.05) is 11.8 Å². The van der Waals surface area contributed by atoms with Crippen molar-refractivity contribution in [2.45, 2.75) is 26.8 Å². The molecule has 144 valence electrons. The van der Waals surface area contributed by atoms with Crippen LogP contribution in [0.5, 0.6) is 0 Å². The fourth-order valence-electron chi connectivity index (χ4n) is 2.87. The molecule has 2 N–H and O–H groups in total. The largest absolute Gasteiger partial charge is 0.290 e. The minimum absolute atomic E-state index is 0.0796. The van der Waals surface area contributed by atoms with Gasteiger partial charge in [-0.05, 0) is 17.5 Å². The van der Waals surface area contributed by atoms with Crippen molar-refractivity contribution < 1.29 is 9.59 Å². The molecule has 0 saturated heterocycles. The van der Waals surface area contributed by atoms with Gasteiger partial charge in [0.05, 0.1) is 11.9 Å². The first-order valence-electron chi connectivity index (χ1n) is 9.08. The number of hydrazine groups is 1. The Labute approximate surface area is 162 Å². The topological polar surface area (TPSA) is 93.1 Å². The first kappa shape index (κ1) is 19.3. The highest BCUT2D eigenvalue weighted by Crippen LogP contribution is 2.13. The van der Waals surface area contributed by atoms with E-state index in [1.165, 1.54) is 4.68 Å². The van der Waals surface area contributed by atoms with E-state index in [1.54, 1.807) is 24.3 Å². The quantitative estimate of drug-likeness (QED) is 0.666. The summed E-state index contributed by atoms with van der Waals surface area (Å²) in [6.07, 6.45) is 0.294. The maximum absolute atomic E-state index is 12.8. The number of nitrogens with one attached hydrogen (secondary N) is 2. The second kappa shape index (κ2) is 8.47. The average Bonchev–Trinajstić information content (AvgIpc) is 2.68. The number of aromatic nitrogens is 2. The third-order valence-corrected chi connectivity index (χ3v) is 4.17. The van der Waals surface area contributed by atoms with E-state index in [4.69, 9.17) is 0 Å². The van der Waals surface area contributed by atoms with Gasteiger partial charge in [-0.25, -0.2) is 4.68 Å². The molecule has 0 bridgehead atoms. The second-order valence-electron chi connectivity index (χ2n) is 6.94. The first-order valence-corrected chi connectivity index (χ1v) is 9.08. The van der Waals surface area contributed by atoms with E-state index in [0.717, 1.165) is 5.56 Å². The summed E-state index contributed by atoms with van der Waals surface area (Å²) in [5.74, 6) is -0.691. The highest BCUT2D eigenvalue weighted by atomic mass is 16.2. The normalized spacial score (nSPS) is 10.8. The third kappa shape index (κ3) is 4.43. The second-order valence-corrected chi connectivity index (χ2v) is 6.94. The molecule has 1 aromatic heterocycles. The van der Waals surface area contributed by atoms with Gasteiger partial charge in [-0.3, -0.25) is 25.2 Å². The molecule has 0 radical (unpaired) electrons. The Balaban J connectivity index is 1.94. The van der Waals surface area contributed by atoms with E-state index in [2.05, 4.69) is 16.0 Å². The van der Waals surface area contributed by atoms with Gasteiger partial charge in [0.25, 0.3) is 11.5 Å². The highest BCUT2D eigenvalue weighted by molar-refractivity contribution is 6.05. The molecular formula is C21H22N4O3. The van der Waals surface area contributed by atoms with E-state index in [9.17, 15) is 14.4 Å². The van der Waals surface area contributed by atoms with Gasteiger partial charge in [-0.15, -0.1) is 0 Å². The Morgan fingerprint density at radius 2 is 1.61 bits per heavy atom. The van der Waals surface area contributed by atoms with Gasteiger partial charge in [0.1, 0.15) is 0 Å². The maximum Gasteiger partial charge on any atom is 0.290 e. The van der Waals surface area contributed by atoms with Crippen LogP contribution in [0, 0.1) is 5.92 Å². The van der Waals surface area contributed by atoms with Crippen molar-refractivity contribution >= 4 is 22.6 Å². The molecule has 2 amide bonds. The number of hydrogen-bond donors (Lipinski definition) is 2. The zero-order chi connectivity index (χ0) is 20.1. The summed E-state index contributed by atoms with van der Waals surface area (Å²) in [6, 6.07) is 16.2. The highest BCUT2D eigenvalue weighted by Gasteiger charge is 2.17. The molecule has 28 heavy (non-hydrogen) atoms. The summed E-state index contributed by atoms with van der Waals surface area (Å²) >= 11 is 0. The molecule has 7 nitrogen and oxygen atoms in total. The molecule has 0 unspecified atom stereocenters. The Morgan fingerprint density at radius 3 is 2.29 bits per heavy atom. The number of carbonyl (C=O) groups is 2. The van der Waals surface area contributed by atoms with Gasteiger partial charge in [-0.1, -0.05) is 62.4 Å². The lowest BCUT2D eigenvalue weighted by molar-refractivity contribution is -0.122. The molecule has 0 spiro atoms. The van der Waals surface area contributed by atoms with Crippen LogP contribution >= 0.6 is 0 Å². The number of rotatable bonds is 5. The maximum atomic E-state index is 12.8. The molecule has 0 aliphatic heterocycles. The van der Waals surface area contributed by atoms with E-state index in [-0.39, 0.29) is 29.6 Å². The molecule has 1 heterocycles. The number of amides is 2. The zero-order valence-corrected chi connectivity index (χ0v) is 15.8. The predicted molar refractivity (Wildman–Crippen MR) is 107 cm³/mol. The number of fused-ring (bicyclic) bond motifs is 1. The van der Waals surface area contributed by atoms with Crippen molar-refractivity contribution in [1.29, 1.82) is 0 Å². The summed E-state index contributed by atoms with van der Waals surface area (Å²) in [7, 11) is 0. The first-order chi connectivity index (χ1) is 13.5. The van der Waals surface area contributed by atoms with Crippen LogP contribution in [0.1, 0.15) is 36.3 Å². The standard InChI is InChI=1S/C21H22N4O3/c1-14(2)12-18(26)22-23-20(27)19-16-10-6-7-11-17(16)21(28)25(24-19)13-15-8-4-3-5-9-15/h3-11,14H,12-13H2,1-2H3,(H,22,26)(H,23,27). The molecule has 2 aromatic carbocycles. The fourth-order valence-corrected chi connectivity index (χ4v) is 2.87. The minimum atomic E-state index is -0.574. The zero-order valence-electron chi connectivity index (χ0n) is 15.8. The molecule has 7 heteroatoms. The van der Waals surface area contributed by atoms with Crippen LogP contribution in [0.3, 0.4) is 0 Å². The molecule has 0 aliphatic carbocycles. The monoisotopic (exact) mass is 378 g/mol. The molecular weight excluding hydrogens is 356 g/mol. The lowest BCUT2D eigenvalue weighted by atomic mass is 10.1. The van der Waals surface area contributed by atoms with Crippen LogP contribution < -0.4 is 16.4 Å². The van der Waals surface area contributed by atoms with Crippen molar-refractivity contribution in [1.82, 2.24) is 20.6 Å². The van der Waals surface area contributed by atoms with Gasteiger partial charge in [-0.2, -0.15) is 5.10 Å². The van der Waals surface area contributed by atoms with Crippen LogP contribution in [0.4, 0.5) is 0 Å². The minimum Gasteiger partial charge on any atom is -0.273 e. The number of nitrogens with zero attached hydrogens (tertiary/aromatic N) is 2. The number of carbonyl (C=O) groups excluding carboxylic acids is 2. The summed E-state index contributed by atoms with van der Waals surface area (Å²) in [4.78, 5) is 37.3. The van der Waals surface area contributed by atoms with Crippen LogP contribution in [0.25, 0.3) is 10.8 Å². The molecule has 0 fully saturated rings. The SMILES string of the molecule is CC(C)CC(=O)NNC(=O)c1nn(Cc2ccccc2)c(=O)c2ccccc12. The predicted octanol–water partition coefficient (Wildman–Crippen LogP) is 2.25. The molecule has 3 aromatic rings.